The Kier molecular flexibility index (Phi) is 8.13. The fraction of sp³-hybridized carbons (Fsp3) is 0.350. The predicted molar refractivity (Wildman–Crippen MR) is 99.1 cm³/mol. The molecule has 2 rings (SSSR count). The largest absolute Gasteiger partial charge is 0.491 e. The van der Waals surface area contributed by atoms with Crippen LogP contribution in [0.25, 0.3) is 0 Å². The molecule has 8 heteroatoms. The van der Waals surface area contributed by atoms with Gasteiger partial charge in [0.05, 0.1) is 13.2 Å². The molecule has 2 aromatic carbocycles. The lowest BCUT2D eigenvalue weighted by Crippen LogP contribution is -2.37. The van der Waals surface area contributed by atoms with E-state index in [-0.39, 0.29) is 12.6 Å². The minimum atomic E-state index is -4.33. The lowest BCUT2D eigenvalue weighted by molar-refractivity contribution is -0.176. The Hall–Kier alpha value is -2.74. The second kappa shape index (κ2) is 10.6. The minimum Gasteiger partial charge on any atom is -0.491 e. The normalized spacial score (nSPS) is 11.1. The number of halogens is 3. The highest BCUT2D eigenvalue weighted by molar-refractivity contribution is 5.73. The molecule has 0 fully saturated rings. The van der Waals surface area contributed by atoms with Crippen molar-refractivity contribution in [2.45, 2.75) is 26.3 Å². The fourth-order valence-corrected chi connectivity index (χ4v) is 2.33. The topological polar surface area (TPSA) is 59.6 Å². The molecule has 0 saturated heterocycles. The molecule has 0 radical (unpaired) electrons. The van der Waals surface area contributed by atoms with E-state index in [4.69, 9.17) is 4.74 Å². The van der Waals surface area contributed by atoms with Gasteiger partial charge in [-0.1, -0.05) is 42.5 Å². The highest BCUT2D eigenvalue weighted by atomic mass is 19.4. The quantitative estimate of drug-likeness (QED) is 0.631. The van der Waals surface area contributed by atoms with E-state index < -0.39 is 12.8 Å². The lowest BCUT2D eigenvalue weighted by Gasteiger charge is -2.11. The maximum absolute atomic E-state index is 12.0. The fourth-order valence-electron chi connectivity index (χ4n) is 2.33. The van der Waals surface area contributed by atoms with E-state index in [9.17, 15) is 18.0 Å². The highest BCUT2D eigenvalue weighted by Crippen LogP contribution is 2.16. The molecule has 2 N–H and O–H groups in total. The van der Waals surface area contributed by atoms with Crippen molar-refractivity contribution >= 4 is 6.03 Å². The van der Waals surface area contributed by atoms with Crippen LogP contribution < -0.4 is 15.4 Å². The van der Waals surface area contributed by atoms with Crippen LogP contribution in [0.1, 0.15) is 16.7 Å². The van der Waals surface area contributed by atoms with E-state index in [1.807, 2.05) is 31.2 Å². The maximum Gasteiger partial charge on any atom is 0.411 e. The molecule has 2 aromatic rings. The smallest absolute Gasteiger partial charge is 0.411 e. The first-order chi connectivity index (χ1) is 13.3. The summed E-state index contributed by atoms with van der Waals surface area (Å²) in [6.45, 7) is 1.57. The van der Waals surface area contributed by atoms with Crippen molar-refractivity contribution < 1.29 is 27.4 Å². The Morgan fingerprint density at radius 2 is 1.68 bits per heavy atom. The summed E-state index contributed by atoms with van der Waals surface area (Å²) in [4.78, 5) is 11.8. The number of carbonyl (C=O) groups excluding carboxylic acids is 1. The number of hydrogen-bond acceptors (Lipinski definition) is 3. The number of alkyl halides is 3. The number of ether oxygens (including phenoxy) is 2. The molecule has 5 nitrogen and oxygen atoms in total. The Balaban J connectivity index is 1.62. The van der Waals surface area contributed by atoms with Crippen LogP contribution in [0.2, 0.25) is 0 Å². The van der Waals surface area contributed by atoms with Gasteiger partial charge in [0, 0.05) is 6.54 Å². The van der Waals surface area contributed by atoms with Crippen molar-refractivity contribution in [1.29, 1.82) is 0 Å². The van der Waals surface area contributed by atoms with Crippen LogP contribution in [-0.2, 0) is 17.9 Å². The van der Waals surface area contributed by atoms with E-state index in [2.05, 4.69) is 15.4 Å². The lowest BCUT2D eigenvalue weighted by atomic mass is 10.1. The predicted octanol–water partition coefficient (Wildman–Crippen LogP) is 3.95. The van der Waals surface area contributed by atoms with Crippen LogP contribution in [0.15, 0.2) is 48.5 Å². The number of aryl methyl sites for hydroxylation is 1. The zero-order chi connectivity index (χ0) is 20.4. The van der Waals surface area contributed by atoms with E-state index in [1.165, 1.54) is 0 Å². The summed E-state index contributed by atoms with van der Waals surface area (Å²) in [5, 5.41) is 5.40. The average molecular weight is 396 g/mol. The number of carbonyl (C=O) groups is 1. The van der Waals surface area contributed by atoms with Crippen LogP contribution in [0, 0.1) is 6.92 Å². The van der Waals surface area contributed by atoms with Gasteiger partial charge in [-0.3, -0.25) is 0 Å². The van der Waals surface area contributed by atoms with Gasteiger partial charge in [0.2, 0.25) is 0 Å². The van der Waals surface area contributed by atoms with Crippen molar-refractivity contribution in [3.63, 3.8) is 0 Å². The van der Waals surface area contributed by atoms with Gasteiger partial charge in [-0.05, 0) is 29.7 Å². The minimum absolute atomic E-state index is 0.116. The Bertz CT molecular complexity index is 749. The van der Waals surface area contributed by atoms with Gasteiger partial charge in [0.1, 0.15) is 19.0 Å². The van der Waals surface area contributed by atoms with Gasteiger partial charge in [0.15, 0.2) is 0 Å². The Morgan fingerprint density at radius 1 is 1.00 bits per heavy atom. The molecule has 0 atom stereocenters. The van der Waals surface area contributed by atoms with E-state index in [1.54, 1.807) is 24.3 Å². The van der Waals surface area contributed by atoms with Crippen molar-refractivity contribution in [3.05, 3.63) is 65.2 Å². The third kappa shape index (κ3) is 8.30. The van der Waals surface area contributed by atoms with Crippen molar-refractivity contribution in [3.8, 4) is 5.75 Å². The molecule has 0 aromatic heterocycles. The second-order valence-electron chi connectivity index (χ2n) is 6.15. The third-order valence-corrected chi connectivity index (χ3v) is 3.75. The number of nitrogens with one attached hydrogen (secondary N) is 2. The van der Waals surface area contributed by atoms with Crippen LogP contribution >= 0.6 is 0 Å². The van der Waals surface area contributed by atoms with Crippen molar-refractivity contribution in [2.75, 3.05) is 19.8 Å². The van der Waals surface area contributed by atoms with Crippen LogP contribution in [0.3, 0.4) is 0 Å². The standard InChI is InChI=1S/C20H23F3N2O3/c1-15-4-2-3-5-18(15)28-11-10-24-19(26)25-12-16-6-8-17(9-7-16)13-27-14-20(21,22)23/h2-9H,10-14H2,1H3,(H2,24,25,26). The molecule has 152 valence electrons. The molecule has 0 saturated carbocycles. The van der Waals surface area contributed by atoms with E-state index >= 15 is 0 Å². The monoisotopic (exact) mass is 396 g/mol. The number of urea groups is 1. The number of amides is 2. The average Bonchev–Trinajstić information content (AvgIpc) is 2.65. The van der Waals surface area contributed by atoms with E-state index in [0.717, 1.165) is 16.9 Å². The summed E-state index contributed by atoms with van der Waals surface area (Å²) in [7, 11) is 0. The first-order valence-electron chi connectivity index (χ1n) is 8.76. The first-order valence-corrected chi connectivity index (χ1v) is 8.76. The van der Waals surface area contributed by atoms with Gasteiger partial charge in [-0.25, -0.2) is 4.79 Å². The number of benzene rings is 2. The number of rotatable bonds is 9. The second-order valence-corrected chi connectivity index (χ2v) is 6.15. The van der Waals surface area contributed by atoms with Crippen LogP contribution in [-0.4, -0.2) is 32.0 Å². The van der Waals surface area contributed by atoms with E-state index in [0.29, 0.717) is 25.3 Å². The molecule has 0 aliphatic heterocycles. The van der Waals surface area contributed by atoms with Crippen LogP contribution in [0.5, 0.6) is 5.75 Å². The molecule has 0 bridgehead atoms. The van der Waals surface area contributed by atoms with Gasteiger partial charge < -0.3 is 20.1 Å². The summed E-state index contributed by atoms with van der Waals surface area (Å²) < 4.78 is 46.3. The number of para-hydroxylation sites is 1. The molecular formula is C20H23F3N2O3. The highest BCUT2D eigenvalue weighted by Gasteiger charge is 2.27. The third-order valence-electron chi connectivity index (χ3n) is 3.75. The molecule has 0 spiro atoms. The van der Waals surface area contributed by atoms with Crippen molar-refractivity contribution in [1.82, 2.24) is 10.6 Å². The Morgan fingerprint density at radius 3 is 2.36 bits per heavy atom. The molecule has 0 heterocycles. The summed E-state index contributed by atoms with van der Waals surface area (Å²) >= 11 is 0. The number of hydrogen-bond donors (Lipinski definition) is 2. The summed E-state index contributed by atoms with van der Waals surface area (Å²) in [6.07, 6.45) is -4.33. The van der Waals surface area contributed by atoms with Crippen molar-refractivity contribution in [2.24, 2.45) is 0 Å². The first kappa shape index (κ1) is 21.6. The van der Waals surface area contributed by atoms with Gasteiger partial charge >= 0.3 is 12.2 Å². The molecular weight excluding hydrogens is 373 g/mol. The Labute approximate surface area is 161 Å². The molecule has 0 unspecified atom stereocenters. The van der Waals surface area contributed by atoms with Gasteiger partial charge in [-0.2, -0.15) is 13.2 Å². The maximum atomic E-state index is 12.0. The zero-order valence-electron chi connectivity index (χ0n) is 15.5. The summed E-state index contributed by atoms with van der Waals surface area (Å²) in [6, 6.07) is 14.1. The molecule has 0 aliphatic carbocycles. The summed E-state index contributed by atoms with van der Waals surface area (Å²) in [5.74, 6) is 0.781. The molecule has 2 amide bonds. The zero-order valence-corrected chi connectivity index (χ0v) is 15.5. The van der Waals surface area contributed by atoms with Crippen LogP contribution in [0.4, 0.5) is 18.0 Å². The molecule has 0 aliphatic rings. The SMILES string of the molecule is Cc1ccccc1OCCNC(=O)NCc1ccc(COCC(F)(F)F)cc1. The van der Waals surface area contributed by atoms with Gasteiger partial charge in [0.25, 0.3) is 0 Å². The molecule has 28 heavy (non-hydrogen) atoms. The van der Waals surface area contributed by atoms with Gasteiger partial charge in [-0.15, -0.1) is 0 Å². The summed E-state index contributed by atoms with van der Waals surface area (Å²) in [5.41, 5.74) is 2.48.